The quantitative estimate of drug-likeness (QED) is 0.733. The van der Waals surface area contributed by atoms with Gasteiger partial charge in [-0.25, -0.2) is 4.79 Å². The number of hydrogen-bond donors (Lipinski definition) is 2. The summed E-state index contributed by atoms with van der Waals surface area (Å²) >= 11 is 0. The predicted molar refractivity (Wildman–Crippen MR) is 49.5 cm³/mol. The van der Waals surface area contributed by atoms with Gasteiger partial charge in [-0.3, -0.25) is 0 Å². The van der Waals surface area contributed by atoms with E-state index in [2.05, 4.69) is 10.6 Å². The molecule has 0 saturated carbocycles. The van der Waals surface area contributed by atoms with Crippen LogP contribution in [-0.2, 0) is 6.42 Å². The number of furan rings is 1. The summed E-state index contributed by atoms with van der Waals surface area (Å²) in [7, 11) is 0. The number of carbonyl (C=O) groups excluding carboxylic acids is 1. The highest BCUT2D eigenvalue weighted by Crippen LogP contribution is 1.99. The molecule has 0 radical (unpaired) electrons. The van der Waals surface area contributed by atoms with Gasteiger partial charge in [-0.15, -0.1) is 0 Å². The Balaban J connectivity index is 2.11. The van der Waals surface area contributed by atoms with Crippen molar-refractivity contribution in [3.63, 3.8) is 0 Å². The number of amides is 2. The van der Waals surface area contributed by atoms with E-state index in [-0.39, 0.29) is 6.03 Å². The summed E-state index contributed by atoms with van der Waals surface area (Å²) in [5, 5.41) is 5.36. The fourth-order valence-corrected chi connectivity index (χ4v) is 0.977. The fraction of sp³-hybridized carbons (Fsp3) is 0.444. The van der Waals surface area contributed by atoms with Crippen molar-refractivity contribution in [3.05, 3.63) is 24.2 Å². The van der Waals surface area contributed by atoms with Gasteiger partial charge in [-0.05, 0) is 19.1 Å². The Hall–Kier alpha value is -1.45. The van der Waals surface area contributed by atoms with E-state index in [9.17, 15) is 4.79 Å². The first-order chi connectivity index (χ1) is 6.33. The van der Waals surface area contributed by atoms with Crippen molar-refractivity contribution in [2.75, 3.05) is 13.1 Å². The van der Waals surface area contributed by atoms with Crippen LogP contribution in [0.4, 0.5) is 4.79 Å². The maximum absolute atomic E-state index is 10.9. The fourth-order valence-electron chi connectivity index (χ4n) is 0.977. The zero-order valence-corrected chi connectivity index (χ0v) is 7.67. The van der Waals surface area contributed by atoms with Gasteiger partial charge >= 0.3 is 6.03 Å². The van der Waals surface area contributed by atoms with Gasteiger partial charge in [0.15, 0.2) is 0 Å². The third-order valence-electron chi connectivity index (χ3n) is 1.57. The first-order valence-corrected chi connectivity index (χ1v) is 4.37. The molecule has 72 valence electrons. The highest BCUT2D eigenvalue weighted by Gasteiger charge is 1.98. The second-order valence-electron chi connectivity index (χ2n) is 2.62. The lowest BCUT2D eigenvalue weighted by molar-refractivity contribution is 0.241. The summed E-state index contributed by atoms with van der Waals surface area (Å²) < 4.78 is 5.10. The van der Waals surface area contributed by atoms with Gasteiger partial charge in [0.1, 0.15) is 5.76 Å². The molecular weight excluding hydrogens is 168 g/mol. The monoisotopic (exact) mass is 182 g/mol. The topological polar surface area (TPSA) is 54.3 Å². The Kier molecular flexibility index (Phi) is 3.88. The highest BCUT2D eigenvalue weighted by atomic mass is 16.3. The normalized spacial score (nSPS) is 9.62. The lowest BCUT2D eigenvalue weighted by Crippen LogP contribution is -2.36. The van der Waals surface area contributed by atoms with Gasteiger partial charge in [-0.2, -0.15) is 0 Å². The van der Waals surface area contributed by atoms with E-state index in [1.807, 2.05) is 19.1 Å². The maximum Gasteiger partial charge on any atom is 0.314 e. The summed E-state index contributed by atoms with van der Waals surface area (Å²) in [6, 6.07) is 3.59. The van der Waals surface area contributed by atoms with Crippen molar-refractivity contribution < 1.29 is 9.21 Å². The minimum absolute atomic E-state index is 0.131. The van der Waals surface area contributed by atoms with Crippen molar-refractivity contribution >= 4 is 6.03 Å². The first-order valence-electron chi connectivity index (χ1n) is 4.37. The van der Waals surface area contributed by atoms with Crippen molar-refractivity contribution in [2.24, 2.45) is 0 Å². The Labute approximate surface area is 77.3 Å². The molecule has 0 aromatic carbocycles. The third-order valence-corrected chi connectivity index (χ3v) is 1.57. The Morgan fingerprint density at radius 3 is 3.00 bits per heavy atom. The molecule has 0 aliphatic heterocycles. The van der Waals surface area contributed by atoms with Crippen LogP contribution in [0.25, 0.3) is 0 Å². The Morgan fingerprint density at radius 2 is 2.38 bits per heavy atom. The van der Waals surface area contributed by atoms with Gasteiger partial charge in [0, 0.05) is 19.5 Å². The Bertz CT molecular complexity index is 244. The molecule has 0 unspecified atom stereocenters. The van der Waals surface area contributed by atoms with E-state index < -0.39 is 0 Å². The van der Waals surface area contributed by atoms with E-state index in [1.54, 1.807) is 6.26 Å². The summed E-state index contributed by atoms with van der Waals surface area (Å²) in [5.74, 6) is 0.886. The molecule has 1 heterocycles. The van der Waals surface area contributed by atoms with Crippen LogP contribution in [-0.4, -0.2) is 19.1 Å². The molecule has 0 aliphatic rings. The van der Waals surface area contributed by atoms with E-state index >= 15 is 0 Å². The van der Waals surface area contributed by atoms with Crippen molar-refractivity contribution in [1.29, 1.82) is 0 Å². The molecule has 0 spiro atoms. The second kappa shape index (κ2) is 5.24. The van der Waals surface area contributed by atoms with Crippen LogP contribution in [0.2, 0.25) is 0 Å². The smallest absolute Gasteiger partial charge is 0.314 e. The van der Waals surface area contributed by atoms with E-state index in [0.717, 1.165) is 12.2 Å². The summed E-state index contributed by atoms with van der Waals surface area (Å²) in [5.41, 5.74) is 0. The average Bonchev–Trinajstić information content (AvgIpc) is 2.57. The molecule has 0 atom stereocenters. The lowest BCUT2D eigenvalue weighted by atomic mass is 10.3. The van der Waals surface area contributed by atoms with Crippen molar-refractivity contribution in [2.45, 2.75) is 13.3 Å². The summed E-state index contributed by atoms with van der Waals surface area (Å²) in [6.07, 6.45) is 2.35. The highest BCUT2D eigenvalue weighted by molar-refractivity contribution is 5.73. The van der Waals surface area contributed by atoms with Crippen molar-refractivity contribution in [3.8, 4) is 0 Å². The number of carbonyl (C=O) groups is 1. The van der Waals surface area contributed by atoms with Crippen LogP contribution in [0.15, 0.2) is 22.8 Å². The molecule has 0 aliphatic carbocycles. The molecular formula is C9H14N2O2. The molecule has 0 fully saturated rings. The number of nitrogens with one attached hydrogen (secondary N) is 2. The molecule has 0 bridgehead atoms. The molecule has 4 nitrogen and oxygen atoms in total. The van der Waals surface area contributed by atoms with Gasteiger partial charge in [0.05, 0.1) is 6.26 Å². The third kappa shape index (κ3) is 3.64. The van der Waals surface area contributed by atoms with Crippen LogP contribution in [0.1, 0.15) is 12.7 Å². The standard InChI is InChI=1S/C9H14N2O2/c1-2-10-9(12)11-6-5-8-4-3-7-13-8/h3-4,7H,2,5-6H2,1H3,(H2,10,11,12). The molecule has 4 heteroatoms. The molecule has 1 rings (SSSR count). The van der Waals surface area contributed by atoms with Gasteiger partial charge in [0.25, 0.3) is 0 Å². The molecule has 2 N–H and O–H groups in total. The molecule has 13 heavy (non-hydrogen) atoms. The molecule has 0 saturated heterocycles. The van der Waals surface area contributed by atoms with Crippen molar-refractivity contribution in [1.82, 2.24) is 10.6 Å². The zero-order valence-electron chi connectivity index (χ0n) is 7.67. The Morgan fingerprint density at radius 1 is 1.54 bits per heavy atom. The molecule has 2 amide bonds. The van der Waals surface area contributed by atoms with E-state index in [4.69, 9.17) is 4.42 Å². The minimum atomic E-state index is -0.131. The summed E-state index contributed by atoms with van der Waals surface area (Å²) in [6.45, 7) is 3.12. The van der Waals surface area contributed by atoms with E-state index in [0.29, 0.717) is 13.1 Å². The largest absolute Gasteiger partial charge is 0.469 e. The predicted octanol–water partition coefficient (Wildman–Crippen LogP) is 1.14. The SMILES string of the molecule is CCNC(=O)NCCc1ccco1. The molecule has 1 aromatic rings. The number of hydrogen-bond acceptors (Lipinski definition) is 2. The average molecular weight is 182 g/mol. The number of rotatable bonds is 4. The van der Waals surface area contributed by atoms with Crippen LogP contribution in [0.3, 0.4) is 0 Å². The number of urea groups is 1. The van der Waals surface area contributed by atoms with Crippen LogP contribution < -0.4 is 10.6 Å². The van der Waals surface area contributed by atoms with Crippen LogP contribution in [0.5, 0.6) is 0 Å². The van der Waals surface area contributed by atoms with Crippen LogP contribution in [0, 0.1) is 0 Å². The maximum atomic E-state index is 10.9. The molecule has 1 aromatic heterocycles. The van der Waals surface area contributed by atoms with Gasteiger partial charge < -0.3 is 15.1 Å². The minimum Gasteiger partial charge on any atom is -0.469 e. The zero-order chi connectivity index (χ0) is 9.52. The second-order valence-corrected chi connectivity index (χ2v) is 2.62. The van der Waals surface area contributed by atoms with Gasteiger partial charge in [-0.1, -0.05) is 0 Å². The van der Waals surface area contributed by atoms with Crippen LogP contribution >= 0.6 is 0 Å². The lowest BCUT2D eigenvalue weighted by Gasteiger charge is -2.03. The first kappa shape index (κ1) is 9.64. The summed E-state index contributed by atoms with van der Waals surface area (Å²) in [4.78, 5) is 10.9. The van der Waals surface area contributed by atoms with Gasteiger partial charge in [0.2, 0.25) is 0 Å². The van der Waals surface area contributed by atoms with E-state index in [1.165, 1.54) is 0 Å².